The SMILES string of the molecule is O[C@]1(c2cccs2)c2ccccc2[C@@](O)(c2cccs2)c2cc3c(cc21)[C@](O)(c1cccs1)c1ccccc1[C@]3(O)c1cccs1. The molecule has 2 aliphatic carbocycles. The van der Waals surface area contributed by atoms with E-state index >= 15 is 0 Å². The fourth-order valence-corrected chi connectivity index (χ4v) is 11.0. The first-order chi connectivity index (χ1) is 22.3. The molecule has 0 aliphatic heterocycles. The molecule has 8 heteroatoms. The molecule has 2 aliphatic rings. The van der Waals surface area contributed by atoms with Gasteiger partial charge in [0.05, 0.1) is 0 Å². The molecule has 46 heavy (non-hydrogen) atoms. The summed E-state index contributed by atoms with van der Waals surface area (Å²) in [4.78, 5) is 2.77. The van der Waals surface area contributed by atoms with Gasteiger partial charge in [-0.25, -0.2) is 0 Å². The molecule has 4 heterocycles. The third-order valence-electron chi connectivity index (χ3n) is 9.64. The van der Waals surface area contributed by atoms with Gasteiger partial charge in [-0.15, -0.1) is 45.3 Å². The third kappa shape index (κ3) is 3.45. The van der Waals surface area contributed by atoms with E-state index in [1.807, 2.05) is 131 Å². The molecule has 7 aromatic rings. The van der Waals surface area contributed by atoms with Gasteiger partial charge in [-0.2, -0.15) is 0 Å². The van der Waals surface area contributed by atoms with Gasteiger partial charge in [0.1, 0.15) is 22.4 Å². The zero-order valence-electron chi connectivity index (χ0n) is 24.1. The molecule has 0 unspecified atom stereocenters. The third-order valence-corrected chi connectivity index (χ3v) is 13.6. The first-order valence-electron chi connectivity index (χ1n) is 14.8. The summed E-state index contributed by atoms with van der Waals surface area (Å²) in [6, 6.07) is 33.9. The van der Waals surface area contributed by atoms with Crippen LogP contribution in [0.15, 0.2) is 131 Å². The summed E-state index contributed by atoms with van der Waals surface area (Å²) < 4.78 is 0. The second-order valence-corrected chi connectivity index (χ2v) is 15.6. The number of hydrogen-bond acceptors (Lipinski definition) is 8. The van der Waals surface area contributed by atoms with Crippen LogP contribution >= 0.6 is 45.3 Å². The number of fused-ring (bicyclic) bond motifs is 4. The lowest BCUT2D eigenvalue weighted by Crippen LogP contribution is -2.47. The number of benzene rings is 3. The molecule has 0 amide bonds. The Morgan fingerprint density at radius 2 is 0.543 bits per heavy atom. The largest absolute Gasteiger partial charge is 0.375 e. The lowest BCUT2D eigenvalue weighted by Gasteiger charge is -2.48. The molecule has 4 aromatic heterocycles. The number of thiophene rings is 4. The topological polar surface area (TPSA) is 80.9 Å². The Labute approximate surface area is 281 Å². The summed E-state index contributed by atoms with van der Waals surface area (Å²) in [5.74, 6) is 0. The molecule has 0 saturated heterocycles. The van der Waals surface area contributed by atoms with Crippen molar-refractivity contribution in [2.24, 2.45) is 0 Å². The van der Waals surface area contributed by atoms with Gasteiger partial charge < -0.3 is 20.4 Å². The van der Waals surface area contributed by atoms with Crippen LogP contribution in [0.1, 0.15) is 64.0 Å². The summed E-state index contributed by atoms with van der Waals surface area (Å²) in [6.07, 6.45) is 0. The second kappa shape index (κ2) is 9.90. The Balaban J connectivity index is 1.49. The average Bonchev–Trinajstić information content (AvgIpc) is 3.94. The van der Waals surface area contributed by atoms with Gasteiger partial charge in [0.2, 0.25) is 0 Å². The monoisotopic (exact) mass is 674 g/mol. The molecule has 9 rings (SSSR count). The van der Waals surface area contributed by atoms with Crippen LogP contribution in [0.5, 0.6) is 0 Å². The summed E-state index contributed by atoms with van der Waals surface area (Å²) in [5, 5.41) is 60.3. The minimum Gasteiger partial charge on any atom is -0.375 e. The van der Waals surface area contributed by atoms with E-state index in [1.165, 1.54) is 45.3 Å². The Bertz CT molecular complexity index is 1910. The minimum absolute atomic E-state index is 0.464. The van der Waals surface area contributed by atoms with Crippen molar-refractivity contribution in [3.8, 4) is 0 Å². The van der Waals surface area contributed by atoms with Crippen molar-refractivity contribution >= 4 is 45.3 Å². The molecule has 4 atom stereocenters. The van der Waals surface area contributed by atoms with Crippen LogP contribution in [0.25, 0.3) is 0 Å². The van der Waals surface area contributed by atoms with Crippen molar-refractivity contribution in [1.29, 1.82) is 0 Å². The molecular weight excluding hydrogens is 649 g/mol. The molecule has 0 radical (unpaired) electrons. The summed E-state index contributed by atoms with van der Waals surface area (Å²) in [6.45, 7) is 0. The van der Waals surface area contributed by atoms with Crippen LogP contribution in [0.4, 0.5) is 0 Å². The van der Waals surface area contributed by atoms with E-state index in [1.54, 1.807) is 0 Å². The Morgan fingerprint density at radius 1 is 0.304 bits per heavy atom. The predicted octanol–water partition coefficient (Wildman–Crippen LogP) is 7.70. The van der Waals surface area contributed by atoms with Crippen LogP contribution < -0.4 is 0 Å². The summed E-state index contributed by atoms with van der Waals surface area (Å²) >= 11 is 5.75. The quantitative estimate of drug-likeness (QED) is 0.154. The van der Waals surface area contributed by atoms with Crippen molar-refractivity contribution in [3.05, 3.63) is 195 Å². The van der Waals surface area contributed by atoms with Crippen molar-refractivity contribution in [1.82, 2.24) is 0 Å². The maximum absolute atomic E-state index is 13.1. The van der Waals surface area contributed by atoms with Gasteiger partial charge >= 0.3 is 0 Å². The molecule has 0 saturated carbocycles. The van der Waals surface area contributed by atoms with Gasteiger partial charge in [-0.1, -0.05) is 72.8 Å². The van der Waals surface area contributed by atoms with Crippen molar-refractivity contribution < 1.29 is 20.4 Å². The van der Waals surface area contributed by atoms with Crippen LogP contribution in [-0.4, -0.2) is 20.4 Å². The highest BCUT2D eigenvalue weighted by molar-refractivity contribution is 7.11. The zero-order valence-corrected chi connectivity index (χ0v) is 27.4. The molecule has 226 valence electrons. The average molecular weight is 675 g/mol. The maximum atomic E-state index is 13.1. The Morgan fingerprint density at radius 3 is 0.739 bits per heavy atom. The van der Waals surface area contributed by atoms with E-state index in [-0.39, 0.29) is 0 Å². The molecule has 0 spiro atoms. The van der Waals surface area contributed by atoms with Gasteiger partial charge in [0, 0.05) is 64.0 Å². The van der Waals surface area contributed by atoms with E-state index in [9.17, 15) is 20.4 Å². The van der Waals surface area contributed by atoms with Gasteiger partial charge in [-0.05, 0) is 57.9 Å². The van der Waals surface area contributed by atoms with Crippen LogP contribution in [0, 0.1) is 0 Å². The van der Waals surface area contributed by atoms with Gasteiger partial charge in [0.25, 0.3) is 0 Å². The Hall–Kier alpha value is -3.70. The zero-order chi connectivity index (χ0) is 31.3. The minimum atomic E-state index is -1.65. The van der Waals surface area contributed by atoms with Gasteiger partial charge in [0.15, 0.2) is 0 Å². The van der Waals surface area contributed by atoms with Crippen LogP contribution in [0.3, 0.4) is 0 Å². The van der Waals surface area contributed by atoms with Crippen molar-refractivity contribution in [3.63, 3.8) is 0 Å². The normalized spacial score (nSPS) is 26.2. The number of hydrogen-bond donors (Lipinski definition) is 4. The highest BCUT2D eigenvalue weighted by Crippen LogP contribution is 2.60. The number of aliphatic hydroxyl groups is 4. The van der Waals surface area contributed by atoms with E-state index in [0.717, 1.165) is 0 Å². The Kier molecular flexibility index (Phi) is 6.14. The highest BCUT2D eigenvalue weighted by atomic mass is 32.1. The second-order valence-electron chi connectivity index (χ2n) is 11.8. The lowest BCUT2D eigenvalue weighted by atomic mass is 9.61. The smallest absolute Gasteiger partial charge is 0.150 e. The molecule has 4 nitrogen and oxygen atoms in total. The van der Waals surface area contributed by atoms with Gasteiger partial charge in [-0.3, -0.25) is 0 Å². The van der Waals surface area contributed by atoms with Crippen LogP contribution in [0.2, 0.25) is 0 Å². The summed E-state index contributed by atoms with van der Waals surface area (Å²) in [7, 11) is 0. The first-order valence-corrected chi connectivity index (χ1v) is 18.3. The predicted molar refractivity (Wildman–Crippen MR) is 185 cm³/mol. The first kappa shape index (κ1) is 28.5. The van der Waals surface area contributed by atoms with E-state index < -0.39 is 22.4 Å². The molecular formula is C38H26O4S4. The fraction of sp³-hybridized carbons (Fsp3) is 0.105. The fourth-order valence-electron chi connectivity index (χ4n) is 7.61. The molecule has 3 aromatic carbocycles. The highest BCUT2D eigenvalue weighted by Gasteiger charge is 2.57. The molecule has 4 N–H and O–H groups in total. The standard InChI is InChI=1S/C38H26O4S4/c39-35(31-13-5-17-43-31)23-9-1-2-10-24(23)36(40,32-14-6-18-44-32)28-22-30-29(21-27(28)35)37(41,33-15-7-19-45-33)25-11-3-4-12-26(25)38(30,42)34-16-8-20-46-34/h1-22,39-42H/t35-,36+,37+,38-. The van der Waals surface area contributed by atoms with Crippen LogP contribution in [-0.2, 0) is 22.4 Å². The van der Waals surface area contributed by atoms with E-state index in [0.29, 0.717) is 64.0 Å². The summed E-state index contributed by atoms with van der Waals surface area (Å²) in [5.41, 5.74) is -2.43. The van der Waals surface area contributed by atoms with E-state index in [4.69, 9.17) is 0 Å². The van der Waals surface area contributed by atoms with Crippen molar-refractivity contribution in [2.45, 2.75) is 22.4 Å². The van der Waals surface area contributed by atoms with Crippen molar-refractivity contribution in [2.75, 3.05) is 0 Å². The molecule has 0 fully saturated rings. The number of rotatable bonds is 4. The molecule has 0 bridgehead atoms. The maximum Gasteiger partial charge on any atom is 0.150 e. The van der Waals surface area contributed by atoms with E-state index in [2.05, 4.69) is 0 Å². The lowest BCUT2D eigenvalue weighted by molar-refractivity contribution is 0.0681.